The topological polar surface area (TPSA) is 208 Å². The van der Waals surface area contributed by atoms with Gasteiger partial charge in [-0.2, -0.15) is 4.31 Å². The Kier molecular flexibility index (Phi) is 6.54. The fourth-order valence-electron chi connectivity index (χ4n) is 0.139. The lowest BCUT2D eigenvalue weighted by atomic mass is 13.9. The van der Waals surface area contributed by atoms with Gasteiger partial charge in [0, 0.05) is 0 Å². The molecule has 14 heteroatoms. The molecule has 0 aromatic carbocycles. The minimum atomic E-state index is -5.05. The van der Waals surface area contributed by atoms with Crippen molar-refractivity contribution in [3.8, 4) is 0 Å². The van der Waals surface area contributed by atoms with Gasteiger partial charge in [0.1, 0.15) is 0 Å². The van der Waals surface area contributed by atoms with Gasteiger partial charge in [0.2, 0.25) is 0 Å². The van der Waals surface area contributed by atoms with E-state index in [-0.39, 0.29) is 0 Å². The molecule has 0 amide bonds. The van der Waals surface area contributed by atoms with Crippen LogP contribution < -0.4 is 5.50 Å². The first-order valence-electron chi connectivity index (χ1n) is 2.37. The molecule has 0 unspecified atom stereocenters. The summed E-state index contributed by atoms with van der Waals surface area (Å²) in [5.41, 5.74) is 4.02. The van der Waals surface area contributed by atoms with Gasteiger partial charge in [0.25, 0.3) is 0 Å². The van der Waals surface area contributed by atoms with E-state index >= 15 is 0 Å². The third-order valence-electron chi connectivity index (χ3n) is 0.213. The van der Waals surface area contributed by atoms with E-state index in [2.05, 4.69) is 9.81 Å². The number of hydrogen-bond acceptors (Lipinski definition) is 4. The van der Waals surface area contributed by atoms with E-state index in [1.165, 1.54) is 0 Å². The Balaban J connectivity index is 0. The summed E-state index contributed by atoms with van der Waals surface area (Å²) in [6.45, 7) is 0. The van der Waals surface area contributed by atoms with Crippen LogP contribution in [-0.4, -0.2) is 29.4 Å². The number of rotatable bonds is 2. The molecule has 0 spiro atoms. The fourth-order valence-corrected chi connectivity index (χ4v) is 1.25. The first-order valence-corrected chi connectivity index (χ1v) is 7.11. The Bertz CT molecular complexity index is 258. The zero-order valence-electron chi connectivity index (χ0n) is 6.24. The highest BCUT2D eigenvalue weighted by atomic mass is 31.3. The molecule has 11 nitrogen and oxygen atoms in total. The van der Waals surface area contributed by atoms with Gasteiger partial charge in [-0.15, -0.1) is 0 Å². The average Bonchev–Trinajstić information content (AvgIpc) is 1.42. The molecule has 0 aromatic rings. The van der Waals surface area contributed by atoms with E-state index in [0.29, 0.717) is 0 Å². The minimum absolute atomic E-state index is 2.96. The van der Waals surface area contributed by atoms with Crippen LogP contribution in [0.25, 0.3) is 0 Å². The summed E-state index contributed by atoms with van der Waals surface area (Å²) in [6, 6.07) is 0. The van der Waals surface area contributed by atoms with Crippen molar-refractivity contribution >= 4 is 23.4 Å². The molecule has 0 atom stereocenters. The molecule has 0 fully saturated rings. The zero-order valence-corrected chi connectivity index (χ0v) is 8.92. The van der Waals surface area contributed by atoms with E-state index in [0.717, 1.165) is 0 Å². The lowest BCUT2D eigenvalue weighted by molar-refractivity contribution is 0.225. The van der Waals surface area contributed by atoms with Gasteiger partial charge < -0.3 is 29.4 Å². The Hall–Kier alpha value is 0.370. The van der Waals surface area contributed by atoms with E-state index in [4.69, 9.17) is 33.9 Å². The van der Waals surface area contributed by atoms with Crippen molar-refractivity contribution in [2.45, 2.75) is 0 Å². The quantitative estimate of drug-likeness (QED) is 0.280. The molecule has 0 saturated heterocycles. The van der Waals surface area contributed by atoms with Crippen LogP contribution in [0.3, 0.4) is 0 Å². The monoisotopic (exact) mass is 275 g/mol. The van der Waals surface area contributed by atoms with E-state index in [1.54, 1.807) is 0 Å². The predicted molar refractivity (Wildman–Crippen MR) is 41.4 cm³/mol. The maximum absolute atomic E-state index is 9.63. The second kappa shape index (κ2) is 5.45. The second-order valence-corrected chi connectivity index (χ2v) is 5.45. The summed E-state index contributed by atoms with van der Waals surface area (Å²) in [5, 5.41) is 0. The second-order valence-electron chi connectivity index (χ2n) is 1.65. The predicted octanol–water partition coefficient (Wildman–Crippen LogP) is -1.77. The Labute approximate surface area is 77.2 Å². The van der Waals surface area contributed by atoms with Gasteiger partial charge in [-0.3, -0.25) is 0 Å². The zero-order chi connectivity index (χ0) is 12.2. The van der Waals surface area contributed by atoms with Crippen molar-refractivity contribution in [3.63, 3.8) is 0 Å². The van der Waals surface area contributed by atoms with E-state index in [1.807, 2.05) is 0 Å². The Morgan fingerprint density at radius 1 is 0.786 bits per heavy atom. The maximum Gasteiger partial charge on any atom is 0.478 e. The number of hydrogen-bond donors (Lipinski definition) is 7. The van der Waals surface area contributed by atoms with Gasteiger partial charge >= 0.3 is 23.4 Å². The molecule has 88 valence electrons. The van der Waals surface area contributed by atoms with Gasteiger partial charge in [-0.1, -0.05) is 0 Å². The van der Waals surface area contributed by atoms with Gasteiger partial charge in [-0.25, -0.2) is 19.2 Å². The van der Waals surface area contributed by atoms with Gasteiger partial charge in [0.05, 0.1) is 0 Å². The Morgan fingerprint density at radius 2 is 0.929 bits per heavy atom. The first-order chi connectivity index (χ1) is 5.71. The lowest BCUT2D eigenvalue weighted by Crippen LogP contribution is -1.87. The minimum Gasteiger partial charge on any atom is -0.313 e. The van der Waals surface area contributed by atoms with Crippen LogP contribution in [0, 0.1) is 0 Å². The maximum atomic E-state index is 9.63. The van der Waals surface area contributed by atoms with Crippen molar-refractivity contribution < 1.29 is 47.4 Å². The molecule has 0 aliphatic rings. The van der Waals surface area contributed by atoms with Crippen molar-refractivity contribution in [3.05, 3.63) is 0 Å². The van der Waals surface area contributed by atoms with Gasteiger partial charge in [-0.05, 0) is 0 Å². The van der Waals surface area contributed by atoms with Crippen LogP contribution in [0.2, 0.25) is 0 Å². The van der Waals surface area contributed by atoms with Crippen molar-refractivity contribution in [2.75, 3.05) is 0 Å². The normalized spacial score (nSPS) is 13.1. The SMILES string of the molecule is NP(=O)(O)O.O=P(O)(O)OP(=O)(O)O. The highest BCUT2D eigenvalue weighted by Gasteiger charge is 2.27. The number of nitrogens with two attached hydrogens (primary N) is 1. The molecule has 0 bridgehead atoms. The largest absolute Gasteiger partial charge is 0.478 e. The van der Waals surface area contributed by atoms with E-state index in [9.17, 15) is 9.13 Å². The molecule has 14 heavy (non-hydrogen) atoms. The van der Waals surface area contributed by atoms with Crippen LogP contribution >= 0.6 is 23.4 Å². The molecule has 0 saturated carbocycles. The average molecular weight is 275 g/mol. The third kappa shape index (κ3) is 39.4. The third-order valence-corrected chi connectivity index (χ3v) is 1.91. The summed E-state index contributed by atoms with van der Waals surface area (Å²) >= 11 is 0. The standard InChI is InChI=1S/H4NO3P.H4O7P2/c1-5(2,3)4;1-8(2,3)7-9(4,5)6/h(H4,1,2,3,4);(H2,1,2,3)(H2,4,5,6). The smallest absolute Gasteiger partial charge is 0.313 e. The molecule has 0 heterocycles. The summed E-state index contributed by atoms with van der Waals surface area (Å²) in [7, 11) is -14.2. The van der Waals surface area contributed by atoms with Crippen LogP contribution in [-0.2, 0) is 18.0 Å². The molecule has 0 aliphatic heterocycles. The van der Waals surface area contributed by atoms with E-state index < -0.39 is 23.4 Å². The molecular formula is H8NO10P3. The molecule has 0 aliphatic carbocycles. The highest BCUT2D eigenvalue weighted by molar-refractivity contribution is 7.60. The van der Waals surface area contributed by atoms with Crippen molar-refractivity contribution in [1.82, 2.24) is 0 Å². The van der Waals surface area contributed by atoms with Crippen molar-refractivity contribution in [1.29, 1.82) is 0 Å². The molecule has 0 radical (unpaired) electrons. The Morgan fingerprint density at radius 3 is 0.929 bits per heavy atom. The highest BCUT2D eigenvalue weighted by Crippen LogP contribution is 2.53. The summed E-state index contributed by atoms with van der Waals surface area (Å²) in [4.78, 5) is 45.8. The lowest BCUT2D eigenvalue weighted by Gasteiger charge is -2.03. The number of phosphoric acid groups is 2. The van der Waals surface area contributed by atoms with Gasteiger partial charge in [0.15, 0.2) is 0 Å². The molecule has 0 rings (SSSR count). The fraction of sp³-hybridized carbons (Fsp3) is 0. The molecular weight excluding hydrogens is 267 g/mol. The molecule has 0 aromatic heterocycles. The molecule has 8 N–H and O–H groups in total. The van der Waals surface area contributed by atoms with Crippen LogP contribution in [0.4, 0.5) is 0 Å². The van der Waals surface area contributed by atoms with Crippen molar-refractivity contribution in [2.24, 2.45) is 5.50 Å². The summed E-state index contributed by atoms with van der Waals surface area (Å²) in [6.07, 6.45) is 0. The van der Waals surface area contributed by atoms with Crippen LogP contribution in [0.15, 0.2) is 0 Å². The van der Waals surface area contributed by atoms with Crippen LogP contribution in [0.1, 0.15) is 0 Å². The summed E-state index contributed by atoms with van der Waals surface area (Å²) < 4.78 is 31.3. The summed E-state index contributed by atoms with van der Waals surface area (Å²) in [5.74, 6) is 0. The van der Waals surface area contributed by atoms with Crippen LogP contribution in [0.5, 0.6) is 0 Å². The first kappa shape index (κ1) is 16.8.